The lowest BCUT2D eigenvalue weighted by Gasteiger charge is -2.33. The van der Waals surface area contributed by atoms with Gasteiger partial charge in [-0.25, -0.2) is 9.18 Å². The molecule has 1 atom stereocenters. The fraction of sp³-hybridized carbons (Fsp3) is 0.467. The van der Waals surface area contributed by atoms with Gasteiger partial charge >= 0.3 is 6.03 Å². The molecule has 0 spiro atoms. The van der Waals surface area contributed by atoms with E-state index < -0.39 is 11.8 Å². The molecule has 6 heteroatoms. The highest BCUT2D eigenvalue weighted by Gasteiger charge is 2.26. The number of likely N-dealkylation sites (tertiary alicyclic amines) is 1. The maximum absolute atomic E-state index is 14.0. The molecule has 114 valence electrons. The second-order valence-corrected chi connectivity index (χ2v) is 5.44. The molecule has 0 aromatic heterocycles. The van der Waals surface area contributed by atoms with E-state index in [2.05, 4.69) is 5.32 Å². The monoisotopic (exact) mass is 293 g/mol. The van der Waals surface area contributed by atoms with Crippen molar-refractivity contribution in [3.63, 3.8) is 0 Å². The summed E-state index contributed by atoms with van der Waals surface area (Å²) in [4.78, 5) is 24.8. The fourth-order valence-corrected chi connectivity index (χ4v) is 2.64. The number of aryl methyl sites for hydroxylation is 1. The van der Waals surface area contributed by atoms with Gasteiger partial charge in [0.2, 0.25) is 0 Å². The molecule has 1 aromatic rings. The number of hydrogen-bond acceptors (Lipinski definition) is 2. The molecule has 3 amide bonds. The van der Waals surface area contributed by atoms with Crippen LogP contribution in [0.15, 0.2) is 18.2 Å². The van der Waals surface area contributed by atoms with Crippen LogP contribution in [0.5, 0.6) is 0 Å². The maximum Gasteiger partial charge on any atom is 0.312 e. The van der Waals surface area contributed by atoms with Gasteiger partial charge < -0.3 is 16.0 Å². The molecule has 1 unspecified atom stereocenters. The zero-order valence-electron chi connectivity index (χ0n) is 12.1. The minimum Gasteiger partial charge on any atom is -0.352 e. The molecule has 1 fully saturated rings. The third-order valence-corrected chi connectivity index (χ3v) is 3.79. The number of benzene rings is 1. The standard InChI is InChI=1S/C15H20FN3O2/c1-10-4-2-6-12(13(10)16)14(20)19-7-3-5-11(9-19)8-18-15(17)21/h2,4,6,11H,3,5,7-9H2,1H3,(H3,17,18,21). The van der Waals surface area contributed by atoms with Crippen LogP contribution in [0.25, 0.3) is 0 Å². The number of piperidine rings is 1. The first-order valence-electron chi connectivity index (χ1n) is 7.06. The van der Waals surface area contributed by atoms with E-state index in [0.29, 0.717) is 25.2 Å². The average molecular weight is 293 g/mol. The third kappa shape index (κ3) is 3.71. The van der Waals surface area contributed by atoms with Crippen LogP contribution in [0.3, 0.4) is 0 Å². The number of nitrogens with one attached hydrogen (secondary N) is 1. The summed E-state index contributed by atoms with van der Waals surface area (Å²) in [6, 6.07) is 4.27. The summed E-state index contributed by atoms with van der Waals surface area (Å²) < 4.78 is 14.0. The molecule has 1 aliphatic rings. The van der Waals surface area contributed by atoms with Crippen LogP contribution < -0.4 is 11.1 Å². The van der Waals surface area contributed by atoms with E-state index in [1.165, 1.54) is 6.07 Å². The lowest BCUT2D eigenvalue weighted by Crippen LogP contribution is -2.44. The smallest absolute Gasteiger partial charge is 0.312 e. The van der Waals surface area contributed by atoms with Crippen molar-refractivity contribution in [1.82, 2.24) is 10.2 Å². The van der Waals surface area contributed by atoms with E-state index in [0.717, 1.165) is 12.8 Å². The summed E-state index contributed by atoms with van der Waals surface area (Å²) in [6.45, 7) is 3.20. The van der Waals surface area contributed by atoms with Crippen molar-refractivity contribution in [2.75, 3.05) is 19.6 Å². The topological polar surface area (TPSA) is 75.4 Å². The Balaban J connectivity index is 2.05. The molecule has 1 heterocycles. The summed E-state index contributed by atoms with van der Waals surface area (Å²) in [7, 11) is 0. The average Bonchev–Trinajstić information content (AvgIpc) is 2.47. The number of urea groups is 1. The molecule has 5 nitrogen and oxygen atoms in total. The SMILES string of the molecule is Cc1cccc(C(=O)N2CCCC(CNC(N)=O)C2)c1F. The molecule has 21 heavy (non-hydrogen) atoms. The second-order valence-electron chi connectivity index (χ2n) is 5.44. The van der Waals surface area contributed by atoms with E-state index in [-0.39, 0.29) is 17.4 Å². The maximum atomic E-state index is 14.0. The number of nitrogens with two attached hydrogens (primary N) is 1. The fourth-order valence-electron chi connectivity index (χ4n) is 2.64. The second kappa shape index (κ2) is 6.56. The normalized spacial score (nSPS) is 18.4. The van der Waals surface area contributed by atoms with Gasteiger partial charge in [0.05, 0.1) is 5.56 Å². The largest absolute Gasteiger partial charge is 0.352 e. The van der Waals surface area contributed by atoms with Crippen LogP contribution in [-0.2, 0) is 0 Å². The molecular formula is C15H20FN3O2. The zero-order valence-corrected chi connectivity index (χ0v) is 12.1. The van der Waals surface area contributed by atoms with E-state index in [1.54, 1.807) is 24.0 Å². The minimum atomic E-state index is -0.567. The molecule has 0 saturated carbocycles. The van der Waals surface area contributed by atoms with Gasteiger partial charge in [0.15, 0.2) is 0 Å². The van der Waals surface area contributed by atoms with Crippen LogP contribution in [0.4, 0.5) is 9.18 Å². The third-order valence-electron chi connectivity index (χ3n) is 3.79. The van der Waals surface area contributed by atoms with E-state index in [9.17, 15) is 14.0 Å². The quantitative estimate of drug-likeness (QED) is 0.889. The van der Waals surface area contributed by atoms with Gasteiger partial charge in [0.25, 0.3) is 5.91 Å². The Bertz CT molecular complexity index is 548. The highest BCUT2D eigenvalue weighted by Crippen LogP contribution is 2.20. The summed E-state index contributed by atoms with van der Waals surface area (Å²) in [5.41, 5.74) is 5.62. The predicted octanol–water partition coefficient (Wildman–Crippen LogP) is 1.65. The highest BCUT2D eigenvalue weighted by atomic mass is 19.1. The van der Waals surface area contributed by atoms with Crippen LogP contribution in [-0.4, -0.2) is 36.5 Å². The number of carbonyl (C=O) groups is 2. The summed E-state index contributed by atoms with van der Waals surface area (Å²) in [5, 5.41) is 2.56. The van der Waals surface area contributed by atoms with Gasteiger partial charge in [0.1, 0.15) is 5.82 Å². The van der Waals surface area contributed by atoms with Gasteiger partial charge in [0, 0.05) is 19.6 Å². The van der Waals surface area contributed by atoms with Crippen molar-refractivity contribution in [2.45, 2.75) is 19.8 Å². The number of amides is 3. The molecule has 3 N–H and O–H groups in total. The Morgan fingerprint density at radius 2 is 2.24 bits per heavy atom. The summed E-state index contributed by atoms with van der Waals surface area (Å²) in [5.74, 6) is -0.595. The summed E-state index contributed by atoms with van der Waals surface area (Å²) in [6.07, 6.45) is 1.75. The lowest BCUT2D eigenvalue weighted by atomic mass is 9.97. The Morgan fingerprint density at radius 1 is 1.48 bits per heavy atom. The van der Waals surface area contributed by atoms with Crippen LogP contribution in [0.2, 0.25) is 0 Å². The van der Waals surface area contributed by atoms with Gasteiger partial charge in [-0.3, -0.25) is 4.79 Å². The first kappa shape index (κ1) is 15.3. The zero-order chi connectivity index (χ0) is 15.4. The van der Waals surface area contributed by atoms with Gasteiger partial charge in [-0.2, -0.15) is 0 Å². The molecular weight excluding hydrogens is 273 g/mol. The number of primary amides is 1. The molecule has 1 aliphatic heterocycles. The highest BCUT2D eigenvalue weighted by molar-refractivity contribution is 5.94. The van der Waals surface area contributed by atoms with Crippen LogP contribution >= 0.6 is 0 Å². The van der Waals surface area contributed by atoms with Crippen LogP contribution in [0.1, 0.15) is 28.8 Å². The Hall–Kier alpha value is -2.11. The van der Waals surface area contributed by atoms with Crippen molar-refractivity contribution in [3.05, 3.63) is 35.1 Å². The number of nitrogens with zero attached hydrogens (tertiary/aromatic N) is 1. The minimum absolute atomic E-state index is 0.110. The van der Waals surface area contributed by atoms with Crippen LogP contribution in [0, 0.1) is 18.7 Å². The number of halogens is 1. The van der Waals surface area contributed by atoms with Gasteiger partial charge in [-0.1, -0.05) is 12.1 Å². The number of hydrogen-bond donors (Lipinski definition) is 2. The Kier molecular flexibility index (Phi) is 4.77. The number of carbonyl (C=O) groups excluding carboxylic acids is 2. The van der Waals surface area contributed by atoms with E-state index in [4.69, 9.17) is 5.73 Å². The lowest BCUT2D eigenvalue weighted by molar-refractivity contribution is 0.0670. The van der Waals surface area contributed by atoms with E-state index in [1.807, 2.05) is 0 Å². The number of rotatable bonds is 3. The van der Waals surface area contributed by atoms with Crippen molar-refractivity contribution < 1.29 is 14.0 Å². The molecule has 0 radical (unpaired) electrons. The molecule has 1 saturated heterocycles. The summed E-state index contributed by atoms with van der Waals surface area (Å²) >= 11 is 0. The predicted molar refractivity (Wildman–Crippen MR) is 77.4 cm³/mol. The first-order valence-corrected chi connectivity index (χ1v) is 7.06. The molecule has 0 bridgehead atoms. The van der Waals surface area contributed by atoms with Gasteiger partial charge in [-0.15, -0.1) is 0 Å². The van der Waals surface area contributed by atoms with Crippen molar-refractivity contribution in [3.8, 4) is 0 Å². The molecule has 2 rings (SSSR count). The van der Waals surface area contributed by atoms with Crippen molar-refractivity contribution in [2.24, 2.45) is 11.7 Å². The van der Waals surface area contributed by atoms with E-state index >= 15 is 0 Å². The van der Waals surface area contributed by atoms with Crippen molar-refractivity contribution in [1.29, 1.82) is 0 Å². The molecule has 1 aromatic carbocycles. The Labute approximate surface area is 123 Å². The van der Waals surface area contributed by atoms with Gasteiger partial charge in [-0.05, 0) is 37.3 Å². The Morgan fingerprint density at radius 3 is 2.95 bits per heavy atom. The van der Waals surface area contributed by atoms with Crippen molar-refractivity contribution >= 4 is 11.9 Å². The first-order chi connectivity index (χ1) is 9.99. The molecule has 0 aliphatic carbocycles.